The summed E-state index contributed by atoms with van der Waals surface area (Å²) in [5.41, 5.74) is 0.855. The van der Waals surface area contributed by atoms with Crippen LogP contribution in [0, 0.1) is 0 Å². The molecule has 0 bridgehead atoms. The summed E-state index contributed by atoms with van der Waals surface area (Å²) in [6.45, 7) is 5.22. The Labute approximate surface area is 236 Å². The highest BCUT2D eigenvalue weighted by molar-refractivity contribution is 5.82. The van der Waals surface area contributed by atoms with Gasteiger partial charge >= 0.3 is 12.1 Å². The lowest BCUT2D eigenvalue weighted by molar-refractivity contribution is -0.134. The Morgan fingerprint density at radius 1 is 0.825 bits per heavy atom. The third kappa shape index (κ3) is 7.90. The minimum Gasteiger partial charge on any atom is -0.466 e. The number of hydrogen-bond acceptors (Lipinski definition) is 6. The number of carbonyl (C=O) groups excluding carboxylic acids is 3. The molecule has 3 aromatic carbocycles. The van der Waals surface area contributed by atoms with E-state index >= 15 is 0 Å². The van der Waals surface area contributed by atoms with Gasteiger partial charge in [0.05, 0.1) is 19.8 Å². The smallest absolute Gasteiger partial charge is 0.417 e. The number of carbonyl (C=O) groups is 3. The first kappa shape index (κ1) is 30.3. The largest absolute Gasteiger partial charge is 0.466 e. The summed E-state index contributed by atoms with van der Waals surface area (Å²) < 4.78 is 17.1. The average Bonchev–Trinajstić information content (AvgIpc) is 2.96. The molecule has 3 aromatic rings. The van der Waals surface area contributed by atoms with Gasteiger partial charge in [-0.1, -0.05) is 97.1 Å². The summed E-state index contributed by atoms with van der Waals surface area (Å²) in [7, 11) is 1.30. The molecule has 1 atom stereocenters. The first-order valence-corrected chi connectivity index (χ1v) is 13.2. The van der Waals surface area contributed by atoms with Crippen molar-refractivity contribution in [2.45, 2.75) is 50.9 Å². The number of esters is 1. The number of ether oxygens (including phenoxy) is 3. The van der Waals surface area contributed by atoms with Crippen molar-refractivity contribution in [1.29, 1.82) is 0 Å². The molecule has 0 saturated carbocycles. The van der Waals surface area contributed by atoms with Gasteiger partial charge in [-0.15, -0.1) is 0 Å². The molecular weight excluding hydrogens is 506 g/mol. The number of nitrogens with zero attached hydrogens (tertiary/aromatic N) is 1. The predicted molar refractivity (Wildman–Crippen MR) is 153 cm³/mol. The number of benzene rings is 3. The zero-order chi connectivity index (χ0) is 29.0. The number of imide groups is 1. The van der Waals surface area contributed by atoms with Crippen molar-refractivity contribution in [3.05, 3.63) is 120 Å². The second kappa shape index (κ2) is 14.2. The van der Waals surface area contributed by atoms with Gasteiger partial charge < -0.3 is 14.2 Å². The van der Waals surface area contributed by atoms with E-state index in [4.69, 9.17) is 9.47 Å². The van der Waals surface area contributed by atoms with E-state index in [-0.39, 0.29) is 6.61 Å². The second-order valence-electron chi connectivity index (χ2n) is 10.2. The Bertz CT molecular complexity index is 1160. The first-order valence-electron chi connectivity index (χ1n) is 13.2. The quantitative estimate of drug-likeness (QED) is 0.116. The summed E-state index contributed by atoms with van der Waals surface area (Å²) in [4.78, 5) is 37.9. The Hall–Kier alpha value is -4.23. The van der Waals surface area contributed by atoms with E-state index < -0.39 is 29.3 Å². The van der Waals surface area contributed by atoms with Gasteiger partial charge in [0.2, 0.25) is 6.41 Å². The van der Waals surface area contributed by atoms with Gasteiger partial charge in [-0.2, -0.15) is 0 Å². The number of methoxy groups -OCH3 is 1. The van der Waals surface area contributed by atoms with Crippen molar-refractivity contribution in [3.63, 3.8) is 0 Å². The lowest BCUT2D eigenvalue weighted by atomic mass is 9.80. The van der Waals surface area contributed by atoms with Crippen LogP contribution < -0.4 is 0 Å². The molecule has 7 nitrogen and oxygen atoms in total. The van der Waals surface area contributed by atoms with Crippen LogP contribution in [0.25, 0.3) is 0 Å². The standard InChI is InChI=1S/C33H37NO6/c1-32(2,3)40-31(37)34(25-35)29(22-14-15-23-30(36)38-4)24-39-33(26-16-8-5-9-17-26,27-18-10-6-11-19-27)28-20-12-7-13-21-28/h5-13,15-21,23,25,29H,14,22,24H2,1-4H3/b23-15+. The van der Waals surface area contributed by atoms with Crippen molar-refractivity contribution in [2.75, 3.05) is 13.7 Å². The van der Waals surface area contributed by atoms with E-state index in [1.54, 1.807) is 26.8 Å². The highest BCUT2D eigenvalue weighted by atomic mass is 16.6. The van der Waals surface area contributed by atoms with Gasteiger partial charge in [0.25, 0.3) is 0 Å². The molecule has 40 heavy (non-hydrogen) atoms. The summed E-state index contributed by atoms with van der Waals surface area (Å²) in [5.74, 6) is -0.483. The molecule has 0 spiro atoms. The highest BCUT2D eigenvalue weighted by Gasteiger charge is 2.39. The third-order valence-corrected chi connectivity index (χ3v) is 6.27. The lowest BCUT2D eigenvalue weighted by Gasteiger charge is -2.38. The van der Waals surface area contributed by atoms with Crippen molar-refractivity contribution in [1.82, 2.24) is 4.90 Å². The van der Waals surface area contributed by atoms with Crippen LogP contribution >= 0.6 is 0 Å². The second-order valence-corrected chi connectivity index (χ2v) is 10.2. The van der Waals surface area contributed by atoms with E-state index in [2.05, 4.69) is 4.74 Å². The number of allylic oxidation sites excluding steroid dienone is 1. The third-order valence-electron chi connectivity index (χ3n) is 6.27. The maximum absolute atomic E-state index is 13.1. The molecule has 0 saturated heterocycles. The molecule has 0 heterocycles. The maximum atomic E-state index is 13.1. The van der Waals surface area contributed by atoms with Crippen molar-refractivity contribution in [3.8, 4) is 0 Å². The molecule has 0 aromatic heterocycles. The van der Waals surface area contributed by atoms with Crippen molar-refractivity contribution in [2.24, 2.45) is 0 Å². The fourth-order valence-corrected chi connectivity index (χ4v) is 4.42. The zero-order valence-corrected chi connectivity index (χ0v) is 23.5. The normalized spacial score (nSPS) is 12.5. The molecule has 210 valence electrons. The molecule has 0 radical (unpaired) electrons. The molecule has 3 rings (SSSR count). The molecule has 0 fully saturated rings. The first-order chi connectivity index (χ1) is 19.2. The van der Waals surface area contributed by atoms with Crippen LogP contribution in [0.5, 0.6) is 0 Å². The fraction of sp³-hybridized carbons (Fsp3) is 0.303. The number of hydrogen-bond donors (Lipinski definition) is 0. The fourth-order valence-electron chi connectivity index (χ4n) is 4.42. The zero-order valence-electron chi connectivity index (χ0n) is 23.5. The minimum absolute atomic E-state index is 0.00271. The minimum atomic E-state index is -1.04. The highest BCUT2D eigenvalue weighted by Crippen LogP contribution is 2.40. The summed E-state index contributed by atoms with van der Waals surface area (Å²) in [6.07, 6.45) is 3.40. The number of amides is 2. The topological polar surface area (TPSA) is 82.1 Å². The van der Waals surface area contributed by atoms with Crippen LogP contribution in [0.2, 0.25) is 0 Å². The monoisotopic (exact) mass is 543 g/mol. The van der Waals surface area contributed by atoms with Gasteiger partial charge in [-0.25, -0.2) is 14.5 Å². The summed E-state index contributed by atoms with van der Waals surface area (Å²) in [6, 6.07) is 28.8. The Balaban J connectivity index is 2.06. The molecule has 0 aliphatic carbocycles. The molecule has 0 aliphatic rings. The van der Waals surface area contributed by atoms with Gasteiger partial charge in [-0.05, 0) is 50.3 Å². The van der Waals surface area contributed by atoms with E-state index in [1.807, 2.05) is 91.0 Å². The molecule has 0 aliphatic heterocycles. The van der Waals surface area contributed by atoms with Crippen molar-refractivity contribution < 1.29 is 28.6 Å². The molecule has 1 unspecified atom stereocenters. The van der Waals surface area contributed by atoms with E-state index in [0.29, 0.717) is 19.3 Å². The van der Waals surface area contributed by atoms with E-state index in [0.717, 1.165) is 21.6 Å². The van der Waals surface area contributed by atoms with Gasteiger partial charge in [-0.3, -0.25) is 4.79 Å². The summed E-state index contributed by atoms with van der Waals surface area (Å²) >= 11 is 0. The van der Waals surface area contributed by atoms with Crippen LogP contribution in [0.1, 0.15) is 50.3 Å². The van der Waals surface area contributed by atoms with E-state index in [1.165, 1.54) is 13.2 Å². The van der Waals surface area contributed by atoms with Gasteiger partial charge in [0.1, 0.15) is 11.2 Å². The van der Waals surface area contributed by atoms with Gasteiger partial charge in [0, 0.05) is 6.08 Å². The van der Waals surface area contributed by atoms with Crippen molar-refractivity contribution >= 4 is 18.5 Å². The van der Waals surface area contributed by atoms with Crippen LogP contribution in [-0.4, -0.2) is 48.7 Å². The maximum Gasteiger partial charge on any atom is 0.417 e. The molecule has 7 heteroatoms. The van der Waals surface area contributed by atoms with Crippen LogP contribution in [-0.2, 0) is 29.4 Å². The predicted octanol–water partition coefficient (Wildman–Crippen LogP) is 6.27. The Morgan fingerprint density at radius 2 is 1.30 bits per heavy atom. The SMILES string of the molecule is COC(=O)/C=C/CCC(COC(c1ccccc1)(c1ccccc1)c1ccccc1)N(C=O)C(=O)OC(C)(C)C. The van der Waals surface area contributed by atoms with Gasteiger partial charge in [0.15, 0.2) is 0 Å². The van der Waals surface area contributed by atoms with Crippen LogP contribution in [0.4, 0.5) is 4.79 Å². The molecular formula is C33H37NO6. The van der Waals surface area contributed by atoms with Crippen LogP contribution in [0.3, 0.4) is 0 Å². The Morgan fingerprint density at radius 3 is 1.70 bits per heavy atom. The number of rotatable bonds is 12. The lowest BCUT2D eigenvalue weighted by Crippen LogP contribution is -2.46. The Kier molecular flexibility index (Phi) is 10.8. The summed E-state index contributed by atoms with van der Waals surface area (Å²) in [5, 5.41) is 0. The molecule has 2 amide bonds. The average molecular weight is 544 g/mol. The molecule has 0 N–H and O–H groups in total. The van der Waals surface area contributed by atoms with Crippen LogP contribution in [0.15, 0.2) is 103 Å². The van der Waals surface area contributed by atoms with E-state index in [9.17, 15) is 14.4 Å².